The van der Waals surface area contributed by atoms with Crippen molar-refractivity contribution < 1.29 is 18.0 Å². The lowest BCUT2D eigenvalue weighted by Gasteiger charge is -1.86. The van der Waals surface area contributed by atoms with Gasteiger partial charge in [-0.05, 0) is 0 Å². The topological polar surface area (TPSA) is 43.1 Å². The van der Waals surface area contributed by atoms with Crippen molar-refractivity contribution in [3.05, 3.63) is 17.8 Å². The second-order valence-corrected chi connectivity index (χ2v) is 1.93. The summed E-state index contributed by atoms with van der Waals surface area (Å²) < 4.78 is 28.1. The van der Waals surface area contributed by atoms with Crippen molar-refractivity contribution in [2.75, 3.05) is 0 Å². The first-order chi connectivity index (χ1) is 5.11. The lowest BCUT2D eigenvalue weighted by atomic mass is 10.4. The summed E-state index contributed by atoms with van der Waals surface area (Å²) in [4.78, 5) is 13.7. The molecule has 0 saturated heterocycles. The van der Waals surface area contributed by atoms with E-state index in [1.54, 1.807) is 0 Å². The van der Waals surface area contributed by atoms with Crippen molar-refractivity contribution in [2.24, 2.45) is 0 Å². The predicted molar refractivity (Wildman–Crippen MR) is 31.5 cm³/mol. The van der Waals surface area contributed by atoms with Crippen molar-refractivity contribution in [3.8, 4) is 0 Å². The summed E-state index contributed by atoms with van der Waals surface area (Å²) in [6, 6.07) is 0. The van der Waals surface area contributed by atoms with Gasteiger partial charge in [-0.2, -0.15) is 0 Å². The van der Waals surface area contributed by atoms with E-state index in [1.165, 1.54) is 6.92 Å². The number of carbonyl (C=O) groups excluding carboxylic acids is 1. The van der Waals surface area contributed by atoms with Gasteiger partial charge in [-0.1, -0.05) is 0 Å². The molecule has 0 spiro atoms. The summed E-state index contributed by atoms with van der Waals surface area (Å²) >= 11 is 0. The molecule has 11 heavy (non-hydrogen) atoms. The maximum atomic E-state index is 11.8. The van der Waals surface area contributed by atoms with Crippen LogP contribution in [-0.4, -0.2) is 10.8 Å². The van der Waals surface area contributed by atoms with E-state index < -0.39 is 17.9 Å². The quantitative estimate of drug-likeness (QED) is 0.621. The van der Waals surface area contributed by atoms with Gasteiger partial charge in [0.2, 0.25) is 5.78 Å². The van der Waals surface area contributed by atoms with Crippen LogP contribution in [0.2, 0.25) is 0 Å². The molecule has 0 amide bonds. The van der Waals surface area contributed by atoms with Crippen molar-refractivity contribution >= 4 is 5.78 Å². The van der Waals surface area contributed by atoms with E-state index >= 15 is 0 Å². The number of rotatable bonds is 2. The van der Waals surface area contributed by atoms with Gasteiger partial charge >= 0.3 is 0 Å². The first-order valence-electron chi connectivity index (χ1n) is 2.85. The van der Waals surface area contributed by atoms with Crippen LogP contribution >= 0.6 is 0 Å². The van der Waals surface area contributed by atoms with Gasteiger partial charge in [0.1, 0.15) is 12.0 Å². The van der Waals surface area contributed by atoms with Gasteiger partial charge in [0.15, 0.2) is 0 Å². The van der Waals surface area contributed by atoms with Crippen LogP contribution in [0.25, 0.3) is 0 Å². The van der Waals surface area contributed by atoms with Crippen molar-refractivity contribution in [2.45, 2.75) is 13.3 Å². The van der Waals surface area contributed by atoms with E-state index in [4.69, 9.17) is 0 Å². The fourth-order valence-electron chi connectivity index (χ4n) is 0.548. The Morgan fingerprint density at radius 3 is 2.64 bits per heavy atom. The zero-order valence-electron chi connectivity index (χ0n) is 5.67. The third-order valence-corrected chi connectivity index (χ3v) is 1.05. The number of Topliss-reactive ketones (excluding diaryl/α,β-unsaturated/α-hetero) is 1. The fraction of sp³-hybridized carbons (Fsp3) is 0.333. The van der Waals surface area contributed by atoms with E-state index in [2.05, 4.69) is 9.40 Å². The van der Waals surface area contributed by atoms with Crippen LogP contribution in [0.1, 0.15) is 29.7 Å². The maximum absolute atomic E-state index is 11.8. The van der Waals surface area contributed by atoms with Gasteiger partial charge < -0.3 is 4.42 Å². The van der Waals surface area contributed by atoms with Gasteiger partial charge in [0.05, 0.1) is 0 Å². The predicted octanol–water partition coefficient (Wildman–Crippen LogP) is 1.81. The Labute approximate surface area is 61.0 Å². The molecule has 0 bridgehead atoms. The number of oxazole rings is 1. The Hall–Kier alpha value is -1.26. The molecule has 0 aliphatic heterocycles. The molecule has 5 heteroatoms. The molecule has 0 radical (unpaired) electrons. The molecule has 1 heterocycles. The number of ketones is 1. The molecule has 1 aromatic heterocycles. The lowest BCUT2D eigenvalue weighted by Crippen LogP contribution is -1.92. The van der Waals surface area contributed by atoms with Crippen LogP contribution in [0.15, 0.2) is 10.7 Å². The van der Waals surface area contributed by atoms with Crippen LogP contribution in [0.3, 0.4) is 0 Å². The summed E-state index contributed by atoms with van der Waals surface area (Å²) in [5.74, 6) is -0.739. The minimum Gasteiger partial charge on any atom is -0.442 e. The molecule has 0 N–H and O–H groups in total. The Balaban J connectivity index is 2.90. The molecule has 3 nitrogen and oxygen atoms in total. The van der Waals surface area contributed by atoms with E-state index in [0.717, 1.165) is 6.26 Å². The van der Waals surface area contributed by atoms with Gasteiger partial charge in [-0.15, -0.1) is 0 Å². The number of hydrogen-bond donors (Lipinski definition) is 0. The molecule has 0 aliphatic rings. The van der Waals surface area contributed by atoms with Gasteiger partial charge in [0.25, 0.3) is 12.3 Å². The minimum absolute atomic E-state index is 0.277. The number of halogens is 2. The molecule has 0 aromatic carbocycles. The molecular formula is C6H5F2NO2. The molecule has 1 rings (SSSR count). The summed E-state index contributed by atoms with van der Waals surface area (Å²) in [5.41, 5.74) is -0.504. The fourth-order valence-corrected chi connectivity index (χ4v) is 0.548. The zero-order valence-corrected chi connectivity index (χ0v) is 5.67. The summed E-state index contributed by atoms with van der Waals surface area (Å²) in [5, 5.41) is 0. The summed E-state index contributed by atoms with van der Waals surface area (Å²) in [7, 11) is 0. The van der Waals surface area contributed by atoms with Crippen LogP contribution in [0.5, 0.6) is 0 Å². The Morgan fingerprint density at radius 2 is 2.36 bits per heavy atom. The first-order valence-corrected chi connectivity index (χ1v) is 2.85. The highest BCUT2D eigenvalue weighted by atomic mass is 19.3. The Morgan fingerprint density at radius 1 is 1.73 bits per heavy atom. The van der Waals surface area contributed by atoms with Gasteiger partial charge in [-0.3, -0.25) is 4.79 Å². The lowest BCUT2D eigenvalue weighted by molar-refractivity contribution is 0.0980. The van der Waals surface area contributed by atoms with E-state index in [9.17, 15) is 13.6 Å². The molecule has 0 fully saturated rings. The SMILES string of the molecule is CC(=O)c1nc(C(F)F)co1. The number of nitrogens with zero attached hydrogens (tertiary/aromatic N) is 1. The molecule has 0 atom stereocenters. The number of hydrogen-bond acceptors (Lipinski definition) is 3. The molecule has 0 aliphatic carbocycles. The van der Waals surface area contributed by atoms with Crippen molar-refractivity contribution in [3.63, 3.8) is 0 Å². The molecule has 60 valence electrons. The van der Waals surface area contributed by atoms with Crippen molar-refractivity contribution in [1.82, 2.24) is 4.98 Å². The molecule has 1 aromatic rings. The smallest absolute Gasteiger partial charge is 0.283 e. The van der Waals surface area contributed by atoms with E-state index in [1.807, 2.05) is 0 Å². The van der Waals surface area contributed by atoms with Gasteiger partial charge in [0, 0.05) is 6.92 Å². The highest BCUT2D eigenvalue weighted by Gasteiger charge is 2.14. The normalized spacial score (nSPS) is 10.5. The second-order valence-electron chi connectivity index (χ2n) is 1.93. The van der Waals surface area contributed by atoms with Crippen LogP contribution < -0.4 is 0 Å². The first kappa shape index (κ1) is 7.84. The number of aromatic nitrogens is 1. The maximum Gasteiger partial charge on any atom is 0.283 e. The largest absolute Gasteiger partial charge is 0.442 e. The minimum atomic E-state index is -2.69. The number of alkyl halides is 2. The van der Waals surface area contributed by atoms with Crippen LogP contribution in [0, 0.1) is 0 Å². The number of carbonyl (C=O) groups is 1. The van der Waals surface area contributed by atoms with E-state index in [-0.39, 0.29) is 5.89 Å². The summed E-state index contributed by atoms with van der Waals surface area (Å²) in [6.07, 6.45) is -1.91. The average Bonchev–Trinajstić information content (AvgIpc) is 2.33. The third-order valence-electron chi connectivity index (χ3n) is 1.05. The molecule has 0 saturated carbocycles. The van der Waals surface area contributed by atoms with E-state index in [0.29, 0.717) is 0 Å². The highest BCUT2D eigenvalue weighted by molar-refractivity contribution is 5.89. The highest BCUT2D eigenvalue weighted by Crippen LogP contribution is 2.17. The van der Waals surface area contributed by atoms with Crippen molar-refractivity contribution in [1.29, 1.82) is 0 Å². The monoisotopic (exact) mass is 161 g/mol. The zero-order chi connectivity index (χ0) is 8.43. The molecule has 0 unspecified atom stereocenters. The Bertz CT molecular complexity index is 269. The second kappa shape index (κ2) is 2.77. The third kappa shape index (κ3) is 1.60. The Kier molecular flexibility index (Phi) is 1.98. The molecular weight excluding hydrogens is 156 g/mol. The summed E-state index contributed by atoms with van der Waals surface area (Å²) in [6.45, 7) is 1.20. The van der Waals surface area contributed by atoms with Gasteiger partial charge in [-0.25, -0.2) is 13.8 Å². The standard InChI is InChI=1S/C6H5F2NO2/c1-3(10)6-9-4(2-11-6)5(7)8/h2,5H,1H3. The van der Waals surface area contributed by atoms with Crippen LogP contribution in [0.4, 0.5) is 8.78 Å². The van der Waals surface area contributed by atoms with Crippen LogP contribution in [-0.2, 0) is 0 Å². The average molecular weight is 161 g/mol.